The Labute approximate surface area is 84.5 Å². The van der Waals surface area contributed by atoms with E-state index in [2.05, 4.69) is 36.1 Å². The molecule has 0 bridgehead atoms. The third-order valence-electron chi connectivity index (χ3n) is 3.00. The number of aldehydes is 1. The highest BCUT2D eigenvalue weighted by molar-refractivity contribution is 5.60. The van der Waals surface area contributed by atoms with Crippen LogP contribution >= 0.6 is 0 Å². The molecular weight excluding hydrogens is 174 g/mol. The molecule has 2 heteroatoms. The van der Waals surface area contributed by atoms with Crippen LogP contribution in [0.4, 0.5) is 0 Å². The van der Waals surface area contributed by atoms with Crippen LogP contribution < -0.4 is 0 Å². The molecule has 2 nitrogen and oxygen atoms in total. The van der Waals surface area contributed by atoms with Gasteiger partial charge in [-0.05, 0) is 18.5 Å². The molecule has 2 atom stereocenters. The normalized spacial score (nSPS) is 26.9. The maximum absolute atomic E-state index is 10.7. The van der Waals surface area contributed by atoms with Crippen molar-refractivity contribution in [2.45, 2.75) is 25.4 Å². The van der Waals surface area contributed by atoms with E-state index in [4.69, 9.17) is 0 Å². The summed E-state index contributed by atoms with van der Waals surface area (Å²) in [5, 5.41) is 0. The lowest BCUT2D eigenvalue weighted by Crippen LogP contribution is -2.50. The van der Waals surface area contributed by atoms with Gasteiger partial charge in [0.05, 0.1) is 6.04 Å². The lowest BCUT2D eigenvalue weighted by Gasteiger charge is -2.45. The summed E-state index contributed by atoms with van der Waals surface area (Å²) in [4.78, 5) is 12.9. The highest BCUT2D eigenvalue weighted by Gasteiger charge is 2.37. The Kier molecular flexibility index (Phi) is 2.64. The van der Waals surface area contributed by atoms with Crippen LogP contribution in [0.15, 0.2) is 30.3 Å². The second-order valence-corrected chi connectivity index (χ2v) is 3.70. The van der Waals surface area contributed by atoms with Crippen molar-refractivity contribution in [2.75, 3.05) is 6.54 Å². The summed E-state index contributed by atoms with van der Waals surface area (Å²) in [6.45, 7) is 3.05. The molecule has 0 aliphatic carbocycles. The molecule has 2 unspecified atom stereocenters. The molecule has 1 saturated heterocycles. The van der Waals surface area contributed by atoms with Crippen LogP contribution in [0, 0.1) is 0 Å². The number of carbonyl (C=O) groups is 1. The Morgan fingerprint density at radius 2 is 2.14 bits per heavy atom. The molecule has 0 amide bonds. The summed E-state index contributed by atoms with van der Waals surface area (Å²) < 4.78 is 0. The van der Waals surface area contributed by atoms with Crippen molar-refractivity contribution in [3.05, 3.63) is 35.9 Å². The number of rotatable bonds is 3. The van der Waals surface area contributed by atoms with Crippen LogP contribution in [0.25, 0.3) is 0 Å². The van der Waals surface area contributed by atoms with E-state index in [1.165, 1.54) is 5.56 Å². The van der Waals surface area contributed by atoms with E-state index < -0.39 is 0 Å². The van der Waals surface area contributed by atoms with Crippen molar-refractivity contribution >= 4 is 6.29 Å². The van der Waals surface area contributed by atoms with E-state index in [0.29, 0.717) is 6.04 Å². The number of benzene rings is 1. The van der Waals surface area contributed by atoms with Gasteiger partial charge >= 0.3 is 0 Å². The Bertz CT molecular complexity index is 309. The van der Waals surface area contributed by atoms with Crippen LogP contribution in [0.1, 0.15) is 24.9 Å². The molecule has 14 heavy (non-hydrogen) atoms. The summed E-state index contributed by atoms with van der Waals surface area (Å²) in [6, 6.07) is 11.0. The van der Waals surface area contributed by atoms with Gasteiger partial charge in [-0.2, -0.15) is 0 Å². The first-order valence-corrected chi connectivity index (χ1v) is 5.12. The highest BCUT2D eigenvalue weighted by atomic mass is 16.1. The smallest absolute Gasteiger partial charge is 0.137 e. The van der Waals surface area contributed by atoms with Gasteiger partial charge in [-0.25, -0.2) is 0 Å². The minimum absolute atomic E-state index is 0.144. The fourth-order valence-electron chi connectivity index (χ4n) is 2.18. The van der Waals surface area contributed by atoms with Gasteiger partial charge in [0.2, 0.25) is 0 Å². The van der Waals surface area contributed by atoms with Gasteiger partial charge in [0, 0.05) is 6.04 Å². The van der Waals surface area contributed by atoms with Crippen LogP contribution in [-0.4, -0.2) is 23.8 Å². The molecule has 1 aliphatic rings. The molecule has 1 aromatic rings. The minimum Gasteiger partial charge on any atom is -0.302 e. The largest absolute Gasteiger partial charge is 0.302 e. The summed E-state index contributed by atoms with van der Waals surface area (Å²) in [7, 11) is 0. The van der Waals surface area contributed by atoms with Crippen molar-refractivity contribution in [2.24, 2.45) is 0 Å². The van der Waals surface area contributed by atoms with E-state index >= 15 is 0 Å². The number of nitrogens with zero attached hydrogens (tertiary/aromatic N) is 1. The first kappa shape index (κ1) is 9.41. The third-order valence-corrected chi connectivity index (χ3v) is 3.00. The second kappa shape index (κ2) is 3.93. The Morgan fingerprint density at radius 3 is 2.71 bits per heavy atom. The predicted octanol–water partition coefficient (Wildman–Crippen LogP) is 2.02. The van der Waals surface area contributed by atoms with E-state index in [9.17, 15) is 4.79 Å². The molecule has 1 heterocycles. The summed E-state index contributed by atoms with van der Waals surface area (Å²) in [6.07, 6.45) is 2.03. The topological polar surface area (TPSA) is 20.3 Å². The highest BCUT2D eigenvalue weighted by Crippen LogP contribution is 2.36. The number of likely N-dealkylation sites (N-methyl/N-ethyl adjacent to an activating group) is 1. The average molecular weight is 189 g/mol. The average Bonchev–Trinajstić information content (AvgIpc) is 2.19. The molecule has 0 radical (unpaired) electrons. The molecule has 0 N–H and O–H groups in total. The lowest BCUT2D eigenvalue weighted by molar-refractivity contribution is -0.119. The molecular formula is C12H15NO. The zero-order valence-electron chi connectivity index (χ0n) is 8.39. The number of hydrogen-bond acceptors (Lipinski definition) is 2. The van der Waals surface area contributed by atoms with Crippen molar-refractivity contribution in [3.8, 4) is 0 Å². The minimum atomic E-state index is 0.144. The van der Waals surface area contributed by atoms with Gasteiger partial charge < -0.3 is 4.79 Å². The van der Waals surface area contributed by atoms with Crippen LogP contribution in [-0.2, 0) is 4.79 Å². The summed E-state index contributed by atoms with van der Waals surface area (Å²) >= 11 is 0. The van der Waals surface area contributed by atoms with Crippen molar-refractivity contribution in [1.29, 1.82) is 0 Å². The maximum atomic E-state index is 10.7. The fourth-order valence-corrected chi connectivity index (χ4v) is 2.18. The van der Waals surface area contributed by atoms with Crippen molar-refractivity contribution in [1.82, 2.24) is 4.90 Å². The van der Waals surface area contributed by atoms with Crippen molar-refractivity contribution < 1.29 is 4.79 Å². The summed E-state index contributed by atoms with van der Waals surface area (Å²) in [5.41, 5.74) is 1.33. The second-order valence-electron chi connectivity index (χ2n) is 3.70. The van der Waals surface area contributed by atoms with Gasteiger partial charge in [0.15, 0.2) is 0 Å². The molecule has 74 valence electrons. The predicted molar refractivity (Wildman–Crippen MR) is 56.0 cm³/mol. The first-order chi connectivity index (χ1) is 6.86. The van der Waals surface area contributed by atoms with E-state index in [1.54, 1.807) is 0 Å². The van der Waals surface area contributed by atoms with Crippen LogP contribution in [0.3, 0.4) is 0 Å². The zero-order valence-corrected chi connectivity index (χ0v) is 8.39. The lowest BCUT2D eigenvalue weighted by atomic mass is 9.88. The molecule has 1 aromatic carbocycles. The van der Waals surface area contributed by atoms with Crippen molar-refractivity contribution in [3.63, 3.8) is 0 Å². The van der Waals surface area contributed by atoms with E-state index in [-0.39, 0.29) is 6.04 Å². The standard InChI is InChI=1S/C12H15NO/c1-2-13-11(9-14)8-12(13)10-6-4-3-5-7-10/h3-7,9,11-12H,2,8H2,1H3. The quantitative estimate of drug-likeness (QED) is 0.678. The number of carbonyl (C=O) groups excluding carboxylic acids is 1. The molecule has 1 aliphatic heterocycles. The molecule has 2 rings (SSSR count). The van der Waals surface area contributed by atoms with Crippen LogP contribution in [0.2, 0.25) is 0 Å². The number of likely N-dealkylation sites (tertiary alicyclic amines) is 1. The van der Waals surface area contributed by atoms with Gasteiger partial charge in [0.1, 0.15) is 6.29 Å². The Hall–Kier alpha value is -1.15. The molecule has 0 spiro atoms. The third kappa shape index (κ3) is 1.46. The molecule has 0 aromatic heterocycles. The first-order valence-electron chi connectivity index (χ1n) is 5.12. The van der Waals surface area contributed by atoms with Crippen LogP contribution in [0.5, 0.6) is 0 Å². The summed E-state index contributed by atoms with van der Waals surface area (Å²) in [5.74, 6) is 0. The zero-order chi connectivity index (χ0) is 9.97. The van der Waals surface area contributed by atoms with E-state index in [1.807, 2.05) is 6.07 Å². The van der Waals surface area contributed by atoms with Gasteiger partial charge in [-0.1, -0.05) is 37.3 Å². The maximum Gasteiger partial charge on any atom is 0.137 e. The Balaban J connectivity index is 2.11. The monoisotopic (exact) mass is 189 g/mol. The van der Waals surface area contributed by atoms with Gasteiger partial charge in [-0.15, -0.1) is 0 Å². The van der Waals surface area contributed by atoms with E-state index in [0.717, 1.165) is 19.3 Å². The van der Waals surface area contributed by atoms with Gasteiger partial charge in [0.25, 0.3) is 0 Å². The number of hydrogen-bond donors (Lipinski definition) is 0. The SMILES string of the molecule is CCN1C(C=O)CC1c1ccccc1. The molecule has 0 saturated carbocycles. The Morgan fingerprint density at radius 1 is 1.43 bits per heavy atom. The van der Waals surface area contributed by atoms with Gasteiger partial charge in [-0.3, -0.25) is 4.90 Å². The molecule has 1 fully saturated rings. The fraction of sp³-hybridized carbons (Fsp3) is 0.417.